The van der Waals surface area contributed by atoms with Gasteiger partial charge in [0.1, 0.15) is 5.75 Å². The molecule has 4 rings (SSSR count). The zero-order chi connectivity index (χ0) is 25.3. The van der Waals surface area contributed by atoms with Gasteiger partial charge >= 0.3 is 0 Å². The summed E-state index contributed by atoms with van der Waals surface area (Å²) in [7, 11) is 0. The van der Waals surface area contributed by atoms with E-state index in [2.05, 4.69) is 16.0 Å². The first-order valence-corrected chi connectivity index (χ1v) is 13.3. The second kappa shape index (κ2) is 13.2. The number of carbonyl (C=O) groups excluding carboxylic acids is 2. The summed E-state index contributed by atoms with van der Waals surface area (Å²) in [6.07, 6.45) is 3.20. The molecule has 1 aromatic rings. The van der Waals surface area contributed by atoms with Crippen LogP contribution in [0.5, 0.6) is 5.75 Å². The lowest BCUT2D eigenvalue weighted by Crippen LogP contribution is -2.49. The van der Waals surface area contributed by atoms with Gasteiger partial charge in [-0.1, -0.05) is 0 Å². The Hall–Kier alpha value is -2.40. The molecule has 2 bridgehead atoms. The van der Waals surface area contributed by atoms with Crippen LogP contribution in [-0.4, -0.2) is 104 Å². The smallest absolute Gasteiger partial charge is 0.236 e. The number of anilines is 1. The number of fused-ring (bicyclic) bond motifs is 3. The Bertz CT molecular complexity index is 874. The third kappa shape index (κ3) is 7.09. The molecule has 10 nitrogen and oxygen atoms in total. The minimum Gasteiger partial charge on any atom is -0.493 e. The lowest BCUT2D eigenvalue weighted by molar-refractivity contribution is -0.135. The number of nitrogens with zero attached hydrogens (tertiary/aromatic N) is 2. The van der Waals surface area contributed by atoms with Gasteiger partial charge in [-0.05, 0) is 49.3 Å². The molecule has 5 N–H and O–H groups in total. The van der Waals surface area contributed by atoms with Crippen molar-refractivity contribution in [2.75, 3.05) is 71.0 Å². The number of aliphatic hydroxyl groups is 2. The van der Waals surface area contributed by atoms with Gasteiger partial charge in [0, 0.05) is 63.5 Å². The maximum Gasteiger partial charge on any atom is 0.236 e. The zero-order valence-electron chi connectivity index (χ0n) is 21.1. The first-order valence-electron chi connectivity index (χ1n) is 13.3. The monoisotopic (exact) mass is 503 g/mol. The van der Waals surface area contributed by atoms with E-state index < -0.39 is 6.04 Å². The molecule has 3 aliphatic heterocycles. The molecule has 2 saturated heterocycles. The lowest BCUT2D eigenvalue weighted by Gasteiger charge is -2.39. The zero-order valence-corrected chi connectivity index (χ0v) is 21.1. The number of hydrogen-bond acceptors (Lipinski definition) is 8. The molecule has 200 valence electrons. The quantitative estimate of drug-likeness (QED) is 0.367. The Morgan fingerprint density at radius 3 is 2.69 bits per heavy atom. The minimum absolute atomic E-state index is 0.0866. The maximum atomic E-state index is 13.0. The van der Waals surface area contributed by atoms with Gasteiger partial charge < -0.3 is 40.7 Å². The van der Waals surface area contributed by atoms with Gasteiger partial charge in [-0.15, -0.1) is 0 Å². The highest BCUT2D eigenvalue weighted by atomic mass is 16.5. The number of hydrogen-bond donors (Lipinski definition) is 5. The van der Waals surface area contributed by atoms with Crippen molar-refractivity contribution >= 4 is 17.5 Å². The minimum atomic E-state index is -0.438. The molecule has 2 atom stereocenters. The third-order valence-corrected chi connectivity index (χ3v) is 7.59. The molecule has 0 radical (unpaired) electrons. The lowest BCUT2D eigenvalue weighted by atomic mass is 9.80. The molecule has 1 aromatic carbocycles. The van der Waals surface area contributed by atoms with Crippen LogP contribution in [0.15, 0.2) is 18.2 Å². The number of amides is 2. The van der Waals surface area contributed by atoms with E-state index in [4.69, 9.17) is 4.74 Å². The second-order valence-corrected chi connectivity index (χ2v) is 10.1. The summed E-state index contributed by atoms with van der Waals surface area (Å²) in [6, 6.07) is 5.26. The van der Waals surface area contributed by atoms with Crippen LogP contribution in [0.3, 0.4) is 0 Å². The molecule has 2 fully saturated rings. The number of benzene rings is 1. The standard InChI is InChI=1S/C26H41N5O5/c32-17-23(18-33)29-22-3-4-24-21(12-22)14-28-15-26(35)31-8-5-19(20(16-31)2-1-11-36-24)13-25(34)30-9-6-27-7-10-30/h3-4,12,19-20,23,27-29,32-33H,1-2,5-11,13-18H2/t19-,20-/m0/s1. The summed E-state index contributed by atoms with van der Waals surface area (Å²) in [6.45, 7) is 5.60. The molecule has 0 aromatic heterocycles. The number of aliphatic hydroxyl groups excluding tert-OH is 2. The number of carbonyl (C=O) groups is 2. The molecule has 0 spiro atoms. The van der Waals surface area contributed by atoms with Crippen molar-refractivity contribution < 1.29 is 24.5 Å². The van der Waals surface area contributed by atoms with Gasteiger partial charge in [0.25, 0.3) is 0 Å². The van der Waals surface area contributed by atoms with E-state index >= 15 is 0 Å². The van der Waals surface area contributed by atoms with Crippen molar-refractivity contribution in [3.63, 3.8) is 0 Å². The summed E-state index contributed by atoms with van der Waals surface area (Å²) in [5, 5.41) is 28.4. The molecule has 36 heavy (non-hydrogen) atoms. The van der Waals surface area contributed by atoms with E-state index in [1.165, 1.54) is 0 Å². The van der Waals surface area contributed by atoms with Crippen LogP contribution in [0.2, 0.25) is 0 Å². The predicted molar refractivity (Wildman–Crippen MR) is 137 cm³/mol. The molecule has 0 unspecified atom stereocenters. The van der Waals surface area contributed by atoms with Crippen LogP contribution in [0, 0.1) is 11.8 Å². The Balaban J connectivity index is 1.41. The van der Waals surface area contributed by atoms with E-state index in [1.807, 2.05) is 28.0 Å². The topological polar surface area (TPSA) is 126 Å². The van der Waals surface area contributed by atoms with Gasteiger partial charge in [-0.2, -0.15) is 0 Å². The van der Waals surface area contributed by atoms with Crippen molar-refractivity contribution in [3.05, 3.63) is 23.8 Å². The molecular weight excluding hydrogens is 462 g/mol. The van der Waals surface area contributed by atoms with E-state index in [0.29, 0.717) is 44.5 Å². The fraction of sp³-hybridized carbons (Fsp3) is 0.692. The van der Waals surface area contributed by atoms with Crippen molar-refractivity contribution in [1.29, 1.82) is 0 Å². The molecular formula is C26H41N5O5. The Labute approximate surface area is 213 Å². The maximum absolute atomic E-state index is 13.0. The second-order valence-electron chi connectivity index (χ2n) is 10.1. The third-order valence-electron chi connectivity index (χ3n) is 7.59. The molecule has 0 aliphatic carbocycles. The van der Waals surface area contributed by atoms with E-state index in [-0.39, 0.29) is 31.6 Å². The number of nitrogens with one attached hydrogen (secondary N) is 3. The van der Waals surface area contributed by atoms with Crippen molar-refractivity contribution in [2.24, 2.45) is 11.8 Å². The van der Waals surface area contributed by atoms with Crippen molar-refractivity contribution in [2.45, 2.75) is 38.3 Å². The van der Waals surface area contributed by atoms with E-state index in [1.54, 1.807) is 0 Å². The summed E-state index contributed by atoms with van der Waals surface area (Å²) in [5.41, 5.74) is 1.69. The highest BCUT2D eigenvalue weighted by Crippen LogP contribution is 2.31. The van der Waals surface area contributed by atoms with Crippen LogP contribution >= 0.6 is 0 Å². The summed E-state index contributed by atoms with van der Waals surface area (Å²) in [4.78, 5) is 29.9. The van der Waals surface area contributed by atoms with Crippen LogP contribution in [0.25, 0.3) is 0 Å². The highest BCUT2D eigenvalue weighted by Gasteiger charge is 2.33. The van der Waals surface area contributed by atoms with Crippen LogP contribution in [0.4, 0.5) is 5.69 Å². The number of piperazine rings is 1. The largest absolute Gasteiger partial charge is 0.493 e. The molecule has 3 aliphatic rings. The number of ether oxygens (including phenoxy) is 1. The van der Waals surface area contributed by atoms with Gasteiger partial charge in [0.2, 0.25) is 11.8 Å². The summed E-state index contributed by atoms with van der Waals surface area (Å²) in [5.74, 6) is 1.67. The molecule has 3 heterocycles. The molecule has 10 heteroatoms. The Morgan fingerprint density at radius 1 is 1.11 bits per heavy atom. The Kier molecular flexibility index (Phi) is 9.80. The molecule has 0 saturated carbocycles. The van der Waals surface area contributed by atoms with Crippen LogP contribution in [-0.2, 0) is 16.1 Å². The fourth-order valence-electron chi connectivity index (χ4n) is 5.45. The fourth-order valence-corrected chi connectivity index (χ4v) is 5.45. The average molecular weight is 504 g/mol. The summed E-state index contributed by atoms with van der Waals surface area (Å²) >= 11 is 0. The predicted octanol–water partition coefficient (Wildman–Crippen LogP) is 0.000500. The SMILES string of the molecule is O=C(C[C@@H]1CCN2C[C@@H]1CCCOc1ccc(NC(CO)CO)cc1CNCC2=O)N1CCNCC1. The van der Waals surface area contributed by atoms with Crippen molar-refractivity contribution in [3.8, 4) is 5.75 Å². The number of piperidine rings is 1. The van der Waals surface area contributed by atoms with E-state index in [9.17, 15) is 19.8 Å². The van der Waals surface area contributed by atoms with Gasteiger partial charge in [0.05, 0.1) is 32.4 Å². The highest BCUT2D eigenvalue weighted by molar-refractivity contribution is 5.79. The summed E-state index contributed by atoms with van der Waals surface area (Å²) < 4.78 is 6.14. The normalized spacial score (nSPS) is 23.7. The van der Waals surface area contributed by atoms with Gasteiger partial charge in [0.15, 0.2) is 0 Å². The van der Waals surface area contributed by atoms with Gasteiger partial charge in [-0.25, -0.2) is 0 Å². The van der Waals surface area contributed by atoms with Crippen molar-refractivity contribution in [1.82, 2.24) is 20.4 Å². The first kappa shape index (κ1) is 26.7. The molecule has 2 amide bonds. The van der Waals surface area contributed by atoms with Gasteiger partial charge in [-0.3, -0.25) is 9.59 Å². The Morgan fingerprint density at radius 2 is 1.92 bits per heavy atom. The van der Waals surface area contributed by atoms with Crippen LogP contribution < -0.4 is 20.7 Å². The number of rotatable bonds is 6. The average Bonchev–Trinajstić information content (AvgIpc) is 2.92. The van der Waals surface area contributed by atoms with E-state index in [0.717, 1.165) is 62.4 Å². The van der Waals surface area contributed by atoms with Crippen LogP contribution in [0.1, 0.15) is 31.2 Å². The first-order chi connectivity index (χ1) is 17.6.